The number of rotatable bonds is 3. The van der Waals surface area contributed by atoms with E-state index in [1.807, 2.05) is 6.92 Å². The third-order valence-electron chi connectivity index (χ3n) is 1.04. The first-order valence-corrected chi connectivity index (χ1v) is 3.80. The molecule has 0 unspecified atom stereocenters. The topological polar surface area (TPSA) is 55.6 Å². The molecular weight excluding hydrogens is 144 g/mol. The monoisotopic (exact) mass is 160 g/mol. The third kappa shape index (κ3) is 4.61. The molecule has 4 heteroatoms. The van der Waals surface area contributed by atoms with Crippen LogP contribution in [0.25, 0.3) is 0 Å². The molecule has 0 radical (unpaired) electrons. The first kappa shape index (κ1) is 10.2. The van der Waals surface area contributed by atoms with Crippen LogP contribution in [-0.4, -0.2) is 23.8 Å². The van der Waals surface area contributed by atoms with E-state index in [1.54, 1.807) is 13.8 Å². The van der Waals surface area contributed by atoms with E-state index in [-0.39, 0.29) is 6.10 Å². The van der Waals surface area contributed by atoms with E-state index >= 15 is 0 Å². The van der Waals surface area contributed by atoms with Crippen LogP contribution in [0.4, 0.5) is 4.79 Å². The Balaban J connectivity index is 3.64. The molecule has 11 heavy (non-hydrogen) atoms. The van der Waals surface area contributed by atoms with E-state index < -0.39 is 6.09 Å². The summed E-state index contributed by atoms with van der Waals surface area (Å²) in [5, 5.41) is 1.08. The lowest BCUT2D eigenvalue weighted by Gasteiger charge is -2.16. The van der Waals surface area contributed by atoms with Gasteiger partial charge < -0.3 is 4.74 Å². The molecule has 0 aromatic carbocycles. The van der Waals surface area contributed by atoms with Crippen LogP contribution in [0.5, 0.6) is 0 Å². The number of nitrogens with two attached hydrogens (primary N) is 1. The van der Waals surface area contributed by atoms with Gasteiger partial charge in [-0.15, -0.1) is 0 Å². The first-order valence-electron chi connectivity index (χ1n) is 3.80. The van der Waals surface area contributed by atoms with E-state index in [9.17, 15) is 4.79 Å². The molecule has 1 amide bonds. The zero-order chi connectivity index (χ0) is 8.85. The number of carbonyl (C=O) groups is 1. The van der Waals surface area contributed by atoms with Gasteiger partial charge in [0.1, 0.15) is 0 Å². The predicted molar refractivity (Wildman–Crippen MR) is 42.8 cm³/mol. The van der Waals surface area contributed by atoms with Crippen molar-refractivity contribution in [2.45, 2.75) is 33.3 Å². The number of hydrazine groups is 1. The average molecular weight is 160 g/mol. The highest BCUT2D eigenvalue weighted by molar-refractivity contribution is 5.66. The van der Waals surface area contributed by atoms with Crippen molar-refractivity contribution in [3.63, 3.8) is 0 Å². The second-order valence-electron chi connectivity index (χ2n) is 2.63. The molecule has 0 spiro atoms. The Hall–Kier alpha value is -0.770. The van der Waals surface area contributed by atoms with Gasteiger partial charge in [0.25, 0.3) is 0 Å². The first-order chi connectivity index (χ1) is 5.07. The Labute approximate surface area is 67.3 Å². The summed E-state index contributed by atoms with van der Waals surface area (Å²) < 4.78 is 4.83. The van der Waals surface area contributed by atoms with Crippen molar-refractivity contribution in [1.82, 2.24) is 5.01 Å². The summed E-state index contributed by atoms with van der Waals surface area (Å²) in [5.41, 5.74) is 0. The van der Waals surface area contributed by atoms with Crippen molar-refractivity contribution in [2.24, 2.45) is 5.84 Å². The molecule has 4 nitrogen and oxygen atoms in total. The molecule has 0 aliphatic heterocycles. The average Bonchev–Trinajstić information content (AvgIpc) is 1.86. The molecule has 0 saturated heterocycles. The maximum absolute atomic E-state index is 10.9. The van der Waals surface area contributed by atoms with Gasteiger partial charge in [-0.05, 0) is 20.3 Å². The molecule has 0 fully saturated rings. The van der Waals surface area contributed by atoms with Gasteiger partial charge >= 0.3 is 6.09 Å². The standard InChI is InChI=1S/C7H16N2O2/c1-4-5-9(8)7(10)11-6(2)3/h6H,4-5,8H2,1-3H3. The van der Waals surface area contributed by atoms with Crippen LogP contribution in [-0.2, 0) is 4.74 Å². The number of ether oxygens (including phenoxy) is 1. The SMILES string of the molecule is CCCN(N)C(=O)OC(C)C. The molecule has 0 rings (SSSR count). The van der Waals surface area contributed by atoms with E-state index in [0.29, 0.717) is 6.54 Å². The van der Waals surface area contributed by atoms with Gasteiger partial charge in [-0.25, -0.2) is 15.6 Å². The zero-order valence-corrected chi connectivity index (χ0v) is 7.33. The van der Waals surface area contributed by atoms with Gasteiger partial charge in [0, 0.05) is 6.54 Å². The fraction of sp³-hybridized carbons (Fsp3) is 0.857. The van der Waals surface area contributed by atoms with Crippen LogP contribution in [0.2, 0.25) is 0 Å². The molecule has 2 N–H and O–H groups in total. The second kappa shape index (κ2) is 4.96. The minimum absolute atomic E-state index is 0.106. The van der Waals surface area contributed by atoms with Gasteiger partial charge in [-0.3, -0.25) is 0 Å². The number of hydrogen-bond acceptors (Lipinski definition) is 3. The lowest BCUT2D eigenvalue weighted by atomic mass is 10.5. The highest BCUT2D eigenvalue weighted by Gasteiger charge is 2.10. The van der Waals surface area contributed by atoms with Crippen molar-refractivity contribution in [3.8, 4) is 0 Å². The summed E-state index contributed by atoms with van der Waals surface area (Å²) >= 11 is 0. The van der Waals surface area contributed by atoms with E-state index in [4.69, 9.17) is 10.6 Å². The fourth-order valence-corrected chi connectivity index (χ4v) is 0.602. The van der Waals surface area contributed by atoms with Crippen molar-refractivity contribution < 1.29 is 9.53 Å². The molecular formula is C7H16N2O2. The quantitative estimate of drug-likeness (QED) is 0.382. The third-order valence-corrected chi connectivity index (χ3v) is 1.04. The maximum Gasteiger partial charge on any atom is 0.424 e. The van der Waals surface area contributed by atoms with E-state index in [1.165, 1.54) is 0 Å². The zero-order valence-electron chi connectivity index (χ0n) is 7.33. The summed E-state index contributed by atoms with van der Waals surface area (Å²) in [4.78, 5) is 10.9. The number of hydrogen-bond donors (Lipinski definition) is 1. The second-order valence-corrected chi connectivity index (χ2v) is 2.63. The van der Waals surface area contributed by atoms with Gasteiger partial charge in [0.15, 0.2) is 0 Å². The molecule has 0 aliphatic carbocycles. The number of nitrogens with zero attached hydrogens (tertiary/aromatic N) is 1. The van der Waals surface area contributed by atoms with Crippen LogP contribution in [0.3, 0.4) is 0 Å². The molecule has 0 atom stereocenters. The highest BCUT2D eigenvalue weighted by atomic mass is 16.6. The molecule has 0 aliphatic rings. The maximum atomic E-state index is 10.9. The molecule has 0 saturated carbocycles. The Bertz CT molecular complexity index is 126. The smallest absolute Gasteiger partial charge is 0.424 e. The molecule has 0 aromatic heterocycles. The van der Waals surface area contributed by atoms with Gasteiger partial charge in [-0.1, -0.05) is 6.92 Å². The van der Waals surface area contributed by atoms with Gasteiger partial charge in [0.05, 0.1) is 6.10 Å². The van der Waals surface area contributed by atoms with Crippen LogP contribution >= 0.6 is 0 Å². The molecule has 66 valence electrons. The van der Waals surface area contributed by atoms with Crippen molar-refractivity contribution in [2.75, 3.05) is 6.54 Å². The Morgan fingerprint density at radius 1 is 1.64 bits per heavy atom. The van der Waals surface area contributed by atoms with Gasteiger partial charge in [-0.2, -0.15) is 0 Å². The summed E-state index contributed by atoms with van der Waals surface area (Å²) in [5.74, 6) is 5.33. The van der Waals surface area contributed by atoms with Crippen molar-refractivity contribution in [3.05, 3.63) is 0 Å². The lowest BCUT2D eigenvalue weighted by Crippen LogP contribution is -2.39. The highest BCUT2D eigenvalue weighted by Crippen LogP contribution is 1.94. The van der Waals surface area contributed by atoms with Crippen molar-refractivity contribution in [1.29, 1.82) is 0 Å². The van der Waals surface area contributed by atoms with Crippen LogP contribution in [0.1, 0.15) is 27.2 Å². The van der Waals surface area contributed by atoms with Crippen LogP contribution < -0.4 is 5.84 Å². The molecule has 0 aromatic rings. The minimum atomic E-state index is -0.457. The van der Waals surface area contributed by atoms with Crippen LogP contribution in [0.15, 0.2) is 0 Å². The summed E-state index contributed by atoms with van der Waals surface area (Å²) in [6.07, 6.45) is 0.274. The van der Waals surface area contributed by atoms with E-state index in [2.05, 4.69) is 0 Å². The molecule has 0 heterocycles. The normalized spacial score (nSPS) is 9.91. The van der Waals surface area contributed by atoms with E-state index in [0.717, 1.165) is 11.4 Å². The minimum Gasteiger partial charge on any atom is -0.446 e. The van der Waals surface area contributed by atoms with Crippen molar-refractivity contribution >= 4 is 6.09 Å². The fourth-order valence-electron chi connectivity index (χ4n) is 0.602. The number of carbonyl (C=O) groups excluding carboxylic acids is 1. The largest absolute Gasteiger partial charge is 0.446 e. The number of amides is 1. The predicted octanol–water partition coefficient (Wildman–Crippen LogP) is 1.12. The summed E-state index contributed by atoms with van der Waals surface area (Å²) in [7, 11) is 0. The van der Waals surface area contributed by atoms with Gasteiger partial charge in [0.2, 0.25) is 0 Å². The molecule has 0 bridgehead atoms. The summed E-state index contributed by atoms with van der Waals surface area (Å²) in [6, 6.07) is 0. The Kier molecular flexibility index (Phi) is 4.61. The Morgan fingerprint density at radius 2 is 2.18 bits per heavy atom. The van der Waals surface area contributed by atoms with Crippen LogP contribution in [0, 0.1) is 0 Å². The lowest BCUT2D eigenvalue weighted by molar-refractivity contribution is 0.0768. The Morgan fingerprint density at radius 3 is 2.55 bits per heavy atom. The summed E-state index contributed by atoms with van der Waals surface area (Å²) in [6.45, 7) is 6.06.